The zero-order valence-electron chi connectivity index (χ0n) is 13.3. The molecule has 4 heterocycles. The minimum absolute atomic E-state index is 0.140. The summed E-state index contributed by atoms with van der Waals surface area (Å²) < 4.78 is 8.43. The van der Waals surface area contributed by atoms with Crippen LogP contribution in [-0.2, 0) is 7.05 Å². The largest absolute Gasteiger partial charge is 0.338 e. The minimum Gasteiger partial charge on any atom is -0.338 e. The van der Waals surface area contributed by atoms with Crippen LogP contribution < -0.4 is 5.32 Å². The number of hydrogen-bond acceptors (Lipinski definition) is 6. The number of aryl methyl sites for hydroxylation is 3. The Labute approximate surface area is 137 Å². The lowest BCUT2D eigenvalue weighted by Gasteiger charge is -2.22. The van der Waals surface area contributed by atoms with Crippen molar-refractivity contribution in [1.29, 1.82) is 5.26 Å². The number of aromatic nitrogens is 3. The normalized spacial score (nSPS) is 17.3. The zero-order valence-corrected chi connectivity index (χ0v) is 14.1. The third-order valence-corrected chi connectivity index (χ3v) is 5.60. The van der Waals surface area contributed by atoms with E-state index in [9.17, 15) is 5.26 Å². The highest BCUT2D eigenvalue weighted by Crippen LogP contribution is 2.46. The number of nitrogens with one attached hydrogen (secondary N) is 1. The maximum absolute atomic E-state index is 9.67. The van der Waals surface area contributed by atoms with E-state index in [1.807, 2.05) is 32.5 Å². The Morgan fingerprint density at radius 3 is 2.83 bits per heavy atom. The standard InChI is InChI=1S/C16H15N5OS/c1-7-10(6-17)14(13-8(2)20-22-16(13)18-7)12-5-11-15(23-12)9(3)19-21(11)4/h5,14,18H,1-4H3. The first-order valence-electron chi connectivity index (χ1n) is 7.28. The highest BCUT2D eigenvalue weighted by molar-refractivity contribution is 7.19. The lowest BCUT2D eigenvalue weighted by atomic mass is 9.86. The molecule has 1 unspecified atom stereocenters. The van der Waals surface area contributed by atoms with Crippen molar-refractivity contribution in [2.75, 3.05) is 5.32 Å². The number of allylic oxidation sites excluding steroid dienone is 2. The summed E-state index contributed by atoms with van der Waals surface area (Å²) in [5, 5.41) is 21.3. The van der Waals surface area contributed by atoms with Crippen molar-refractivity contribution in [3.63, 3.8) is 0 Å². The number of fused-ring (bicyclic) bond motifs is 2. The van der Waals surface area contributed by atoms with Crippen LogP contribution in [0.5, 0.6) is 0 Å². The van der Waals surface area contributed by atoms with E-state index in [0.717, 1.165) is 37.7 Å². The number of rotatable bonds is 1. The Morgan fingerprint density at radius 2 is 2.13 bits per heavy atom. The van der Waals surface area contributed by atoms with Crippen LogP contribution in [0.25, 0.3) is 10.2 Å². The molecule has 116 valence electrons. The Bertz CT molecular complexity index is 979. The molecule has 0 bridgehead atoms. The maximum atomic E-state index is 9.67. The number of nitrogens with zero attached hydrogens (tertiary/aromatic N) is 4. The van der Waals surface area contributed by atoms with E-state index < -0.39 is 0 Å². The van der Waals surface area contributed by atoms with Crippen LogP contribution in [0.4, 0.5) is 5.88 Å². The fraction of sp³-hybridized carbons (Fsp3) is 0.312. The lowest BCUT2D eigenvalue weighted by molar-refractivity contribution is 0.428. The minimum atomic E-state index is -0.140. The van der Waals surface area contributed by atoms with E-state index in [0.29, 0.717) is 11.5 Å². The Hall–Kier alpha value is -2.59. The SMILES string of the molecule is CC1=C(C#N)C(c2cc3c(s2)c(C)nn3C)c2c(C)noc2N1. The topological polar surface area (TPSA) is 79.7 Å². The van der Waals surface area contributed by atoms with Gasteiger partial charge in [-0.05, 0) is 26.8 Å². The zero-order chi connectivity index (χ0) is 16.3. The van der Waals surface area contributed by atoms with Gasteiger partial charge in [0.25, 0.3) is 0 Å². The molecule has 0 spiro atoms. The van der Waals surface area contributed by atoms with E-state index in [2.05, 4.69) is 27.7 Å². The van der Waals surface area contributed by atoms with Gasteiger partial charge < -0.3 is 9.84 Å². The molecular weight excluding hydrogens is 310 g/mol. The van der Waals surface area contributed by atoms with E-state index >= 15 is 0 Å². The van der Waals surface area contributed by atoms with E-state index in [1.54, 1.807) is 11.3 Å². The quantitative estimate of drug-likeness (QED) is 0.739. The predicted octanol–water partition coefficient (Wildman–Crippen LogP) is 3.59. The average molecular weight is 325 g/mol. The number of anilines is 1. The molecule has 3 aromatic heterocycles. The molecule has 1 N–H and O–H groups in total. The second-order valence-corrected chi connectivity index (χ2v) is 6.88. The molecule has 23 heavy (non-hydrogen) atoms. The molecule has 3 aromatic rings. The first kappa shape index (κ1) is 14.0. The number of nitriles is 1. The van der Waals surface area contributed by atoms with Crippen molar-refractivity contribution in [3.8, 4) is 6.07 Å². The molecule has 1 atom stereocenters. The third-order valence-electron chi connectivity index (χ3n) is 4.30. The van der Waals surface area contributed by atoms with Gasteiger partial charge >= 0.3 is 0 Å². The summed E-state index contributed by atoms with van der Waals surface area (Å²) in [4.78, 5) is 1.11. The molecule has 0 aliphatic carbocycles. The lowest BCUT2D eigenvalue weighted by Crippen LogP contribution is -2.15. The number of hydrogen-bond donors (Lipinski definition) is 1. The average Bonchev–Trinajstić information content (AvgIpc) is 3.16. The second-order valence-electron chi connectivity index (χ2n) is 5.79. The summed E-state index contributed by atoms with van der Waals surface area (Å²) in [5.41, 5.74) is 5.38. The van der Waals surface area contributed by atoms with Gasteiger partial charge in [0.15, 0.2) is 0 Å². The van der Waals surface area contributed by atoms with Crippen LogP contribution in [-0.4, -0.2) is 14.9 Å². The Kier molecular flexibility index (Phi) is 2.87. The summed E-state index contributed by atoms with van der Waals surface area (Å²) in [6.07, 6.45) is 0. The van der Waals surface area contributed by atoms with Crippen LogP contribution in [0.15, 0.2) is 21.9 Å². The molecule has 6 nitrogen and oxygen atoms in total. The highest BCUT2D eigenvalue weighted by atomic mass is 32.1. The van der Waals surface area contributed by atoms with Gasteiger partial charge in [0, 0.05) is 17.6 Å². The van der Waals surface area contributed by atoms with Crippen molar-refractivity contribution in [2.45, 2.75) is 26.7 Å². The maximum Gasteiger partial charge on any atom is 0.233 e. The fourth-order valence-corrected chi connectivity index (χ4v) is 4.45. The molecular formula is C16H15N5OS. The van der Waals surface area contributed by atoms with E-state index in [4.69, 9.17) is 4.52 Å². The van der Waals surface area contributed by atoms with Crippen molar-refractivity contribution in [3.05, 3.63) is 39.2 Å². The molecule has 0 fully saturated rings. The van der Waals surface area contributed by atoms with E-state index in [-0.39, 0.29) is 5.92 Å². The molecule has 0 aromatic carbocycles. The second kappa shape index (κ2) is 4.70. The predicted molar refractivity (Wildman–Crippen MR) is 88.3 cm³/mol. The summed E-state index contributed by atoms with van der Waals surface area (Å²) in [5.74, 6) is 0.496. The van der Waals surface area contributed by atoms with Crippen molar-refractivity contribution in [1.82, 2.24) is 14.9 Å². The Morgan fingerprint density at radius 1 is 1.35 bits per heavy atom. The van der Waals surface area contributed by atoms with Gasteiger partial charge in [0.2, 0.25) is 5.88 Å². The van der Waals surface area contributed by atoms with E-state index in [1.165, 1.54) is 0 Å². The summed E-state index contributed by atoms with van der Waals surface area (Å²) in [6.45, 7) is 5.81. The van der Waals surface area contributed by atoms with Gasteiger partial charge in [-0.15, -0.1) is 11.3 Å². The summed E-state index contributed by atoms with van der Waals surface area (Å²) >= 11 is 1.68. The molecule has 0 saturated heterocycles. The van der Waals surface area contributed by atoms with Gasteiger partial charge in [-0.1, -0.05) is 5.16 Å². The first-order chi connectivity index (χ1) is 11.0. The summed E-state index contributed by atoms with van der Waals surface area (Å²) in [7, 11) is 1.94. The van der Waals surface area contributed by atoms with Gasteiger partial charge in [0.05, 0.1) is 44.7 Å². The number of thiophene rings is 1. The van der Waals surface area contributed by atoms with Gasteiger partial charge in [-0.2, -0.15) is 10.4 Å². The highest BCUT2D eigenvalue weighted by Gasteiger charge is 2.34. The molecule has 0 amide bonds. The van der Waals surface area contributed by atoms with Crippen LogP contribution in [0.1, 0.15) is 34.7 Å². The molecule has 0 radical (unpaired) electrons. The molecule has 4 rings (SSSR count). The molecule has 7 heteroatoms. The fourth-order valence-electron chi connectivity index (χ4n) is 3.20. The summed E-state index contributed by atoms with van der Waals surface area (Å²) in [6, 6.07) is 4.48. The van der Waals surface area contributed by atoms with Crippen molar-refractivity contribution < 1.29 is 4.52 Å². The van der Waals surface area contributed by atoms with Gasteiger partial charge in [0.1, 0.15) is 0 Å². The third kappa shape index (κ3) is 1.85. The van der Waals surface area contributed by atoms with Crippen molar-refractivity contribution >= 4 is 27.4 Å². The molecule has 1 aliphatic heterocycles. The first-order valence-corrected chi connectivity index (χ1v) is 8.10. The van der Waals surface area contributed by atoms with Crippen LogP contribution in [0.3, 0.4) is 0 Å². The monoisotopic (exact) mass is 325 g/mol. The van der Waals surface area contributed by atoms with Gasteiger partial charge in [-0.3, -0.25) is 4.68 Å². The van der Waals surface area contributed by atoms with Crippen molar-refractivity contribution in [2.24, 2.45) is 7.05 Å². The Balaban J connectivity index is 1.99. The van der Waals surface area contributed by atoms with Gasteiger partial charge in [-0.25, -0.2) is 0 Å². The van der Waals surface area contributed by atoms with Crippen LogP contribution >= 0.6 is 11.3 Å². The molecule has 0 saturated carbocycles. The smallest absolute Gasteiger partial charge is 0.233 e. The molecule has 1 aliphatic rings. The van der Waals surface area contributed by atoms with Crippen LogP contribution in [0, 0.1) is 25.2 Å². The van der Waals surface area contributed by atoms with Crippen LogP contribution in [0.2, 0.25) is 0 Å².